The predicted molar refractivity (Wildman–Crippen MR) is 84.7 cm³/mol. The number of nitrogens with zero attached hydrogens (tertiary/aromatic N) is 1. The third kappa shape index (κ3) is 6.12. The van der Waals surface area contributed by atoms with Crippen LogP contribution in [0.2, 0.25) is 0 Å². The van der Waals surface area contributed by atoms with Gasteiger partial charge in [-0.1, -0.05) is 13.3 Å². The fourth-order valence-electron chi connectivity index (χ4n) is 1.98. The van der Waals surface area contributed by atoms with Crippen LogP contribution in [-0.4, -0.2) is 16.6 Å². The van der Waals surface area contributed by atoms with Crippen molar-refractivity contribution < 1.29 is 9.66 Å². The molecule has 0 heterocycles. The lowest BCUT2D eigenvalue weighted by atomic mass is 10.1. The third-order valence-corrected chi connectivity index (χ3v) is 3.09. The Kier molecular flexibility index (Phi) is 6.15. The second-order valence-corrected chi connectivity index (χ2v) is 6.37. The lowest BCUT2D eigenvalue weighted by Crippen LogP contribution is -2.35. The summed E-state index contributed by atoms with van der Waals surface area (Å²) < 4.78 is 5.92. The fourth-order valence-corrected chi connectivity index (χ4v) is 1.98. The molecule has 1 atom stereocenters. The largest absolute Gasteiger partial charge is 0.490 e. The van der Waals surface area contributed by atoms with Crippen LogP contribution in [0.3, 0.4) is 0 Å². The normalized spacial score (nSPS) is 13.0. The highest BCUT2D eigenvalue weighted by Crippen LogP contribution is 2.26. The highest BCUT2D eigenvalue weighted by atomic mass is 16.6. The first-order valence-corrected chi connectivity index (χ1v) is 7.42. The Bertz CT molecular complexity index is 481. The van der Waals surface area contributed by atoms with Crippen LogP contribution in [0.1, 0.15) is 53.0 Å². The number of nitro benzene ring substituents is 1. The molecule has 1 unspecified atom stereocenters. The number of hydrogen-bond donors (Lipinski definition) is 1. The number of hydrogen-bond acceptors (Lipinski definition) is 4. The molecular weight excluding hydrogens is 268 g/mol. The molecule has 0 aliphatic carbocycles. The highest BCUT2D eigenvalue weighted by molar-refractivity contribution is 5.44. The molecule has 1 rings (SSSR count). The summed E-state index contributed by atoms with van der Waals surface area (Å²) in [6.45, 7) is 10.8. The third-order valence-electron chi connectivity index (χ3n) is 3.09. The molecule has 0 bridgehead atoms. The summed E-state index contributed by atoms with van der Waals surface area (Å²) in [5, 5.41) is 14.3. The predicted octanol–water partition coefficient (Wildman–Crippen LogP) is 4.05. The first kappa shape index (κ1) is 17.4. The van der Waals surface area contributed by atoms with E-state index in [4.69, 9.17) is 4.74 Å². The summed E-state index contributed by atoms with van der Waals surface area (Å²) in [5.74, 6) is 0.721. The van der Waals surface area contributed by atoms with Gasteiger partial charge in [0.2, 0.25) is 0 Å². The number of rotatable bonds is 7. The molecule has 5 heteroatoms. The van der Waals surface area contributed by atoms with Crippen molar-refractivity contribution in [1.82, 2.24) is 5.32 Å². The minimum Gasteiger partial charge on any atom is -0.490 e. The average molecular weight is 294 g/mol. The SMILES string of the molecule is CCCC(C)Oc1ccc([N+](=O)[O-])cc1CNC(C)(C)C. The summed E-state index contributed by atoms with van der Waals surface area (Å²) in [7, 11) is 0. The zero-order valence-corrected chi connectivity index (χ0v) is 13.6. The van der Waals surface area contributed by atoms with Crippen LogP contribution >= 0.6 is 0 Å². The lowest BCUT2D eigenvalue weighted by Gasteiger charge is -2.22. The fraction of sp³-hybridized carbons (Fsp3) is 0.625. The molecule has 0 fully saturated rings. The van der Waals surface area contributed by atoms with E-state index in [2.05, 4.69) is 33.0 Å². The van der Waals surface area contributed by atoms with Crippen LogP contribution in [0.15, 0.2) is 18.2 Å². The Hall–Kier alpha value is -1.62. The topological polar surface area (TPSA) is 64.4 Å². The number of nitrogens with one attached hydrogen (secondary N) is 1. The Morgan fingerprint density at radius 3 is 2.57 bits per heavy atom. The van der Waals surface area contributed by atoms with Gasteiger partial charge < -0.3 is 10.1 Å². The summed E-state index contributed by atoms with van der Waals surface area (Å²) in [6, 6.07) is 4.78. The highest BCUT2D eigenvalue weighted by Gasteiger charge is 2.16. The Morgan fingerprint density at radius 1 is 1.38 bits per heavy atom. The summed E-state index contributed by atoms with van der Waals surface area (Å²) in [5.41, 5.74) is 0.856. The lowest BCUT2D eigenvalue weighted by molar-refractivity contribution is -0.384. The van der Waals surface area contributed by atoms with Gasteiger partial charge in [-0.05, 0) is 40.2 Å². The minimum absolute atomic E-state index is 0.0586. The zero-order chi connectivity index (χ0) is 16.0. The molecule has 0 radical (unpaired) electrons. The second-order valence-electron chi connectivity index (χ2n) is 6.37. The van der Waals surface area contributed by atoms with E-state index in [0.29, 0.717) is 6.54 Å². The van der Waals surface area contributed by atoms with Gasteiger partial charge in [0.15, 0.2) is 0 Å². The van der Waals surface area contributed by atoms with Crippen molar-refractivity contribution in [2.45, 2.75) is 65.6 Å². The van der Waals surface area contributed by atoms with Gasteiger partial charge in [-0.2, -0.15) is 0 Å². The van der Waals surface area contributed by atoms with Crippen LogP contribution in [0, 0.1) is 10.1 Å². The van der Waals surface area contributed by atoms with E-state index < -0.39 is 0 Å². The van der Waals surface area contributed by atoms with E-state index >= 15 is 0 Å². The molecule has 21 heavy (non-hydrogen) atoms. The Labute approximate surface area is 126 Å². The van der Waals surface area contributed by atoms with Crippen LogP contribution in [0.4, 0.5) is 5.69 Å². The molecule has 0 aromatic heterocycles. The molecule has 1 aromatic carbocycles. The summed E-state index contributed by atoms with van der Waals surface area (Å²) in [4.78, 5) is 10.6. The minimum atomic E-state index is -0.375. The number of nitro groups is 1. The molecule has 118 valence electrons. The maximum Gasteiger partial charge on any atom is 0.270 e. The maximum atomic E-state index is 10.9. The van der Waals surface area contributed by atoms with Crippen molar-refractivity contribution in [3.63, 3.8) is 0 Å². The van der Waals surface area contributed by atoms with E-state index in [1.165, 1.54) is 6.07 Å². The molecule has 0 saturated heterocycles. The van der Waals surface area contributed by atoms with E-state index in [1.54, 1.807) is 12.1 Å². The van der Waals surface area contributed by atoms with Crippen LogP contribution < -0.4 is 10.1 Å². The van der Waals surface area contributed by atoms with Gasteiger partial charge in [-0.3, -0.25) is 10.1 Å². The summed E-state index contributed by atoms with van der Waals surface area (Å²) in [6.07, 6.45) is 2.11. The van der Waals surface area contributed by atoms with Gasteiger partial charge in [0.05, 0.1) is 11.0 Å². The second kappa shape index (κ2) is 7.41. The first-order valence-electron chi connectivity index (χ1n) is 7.42. The van der Waals surface area contributed by atoms with Gasteiger partial charge in [0.25, 0.3) is 5.69 Å². The molecule has 1 N–H and O–H groups in total. The van der Waals surface area contributed by atoms with Crippen LogP contribution in [0.5, 0.6) is 5.75 Å². The van der Waals surface area contributed by atoms with Crippen molar-refractivity contribution in [3.8, 4) is 5.75 Å². The summed E-state index contributed by atoms with van der Waals surface area (Å²) >= 11 is 0. The molecule has 0 saturated carbocycles. The number of ether oxygens (including phenoxy) is 1. The molecule has 1 aromatic rings. The van der Waals surface area contributed by atoms with Crippen molar-refractivity contribution >= 4 is 5.69 Å². The maximum absolute atomic E-state index is 10.9. The van der Waals surface area contributed by atoms with Gasteiger partial charge in [-0.25, -0.2) is 0 Å². The van der Waals surface area contributed by atoms with Gasteiger partial charge in [0, 0.05) is 29.8 Å². The van der Waals surface area contributed by atoms with Crippen molar-refractivity contribution in [2.24, 2.45) is 0 Å². The van der Waals surface area contributed by atoms with Crippen molar-refractivity contribution in [3.05, 3.63) is 33.9 Å². The molecular formula is C16H26N2O3. The monoisotopic (exact) mass is 294 g/mol. The van der Waals surface area contributed by atoms with Gasteiger partial charge in [0.1, 0.15) is 5.75 Å². The van der Waals surface area contributed by atoms with Crippen molar-refractivity contribution in [2.75, 3.05) is 0 Å². The van der Waals surface area contributed by atoms with Gasteiger partial charge >= 0.3 is 0 Å². The van der Waals surface area contributed by atoms with E-state index in [0.717, 1.165) is 24.2 Å². The Balaban J connectivity index is 2.96. The van der Waals surface area contributed by atoms with Crippen LogP contribution in [-0.2, 0) is 6.54 Å². The molecule has 0 spiro atoms. The van der Waals surface area contributed by atoms with Crippen molar-refractivity contribution in [1.29, 1.82) is 0 Å². The van der Waals surface area contributed by atoms with E-state index in [-0.39, 0.29) is 22.3 Å². The van der Waals surface area contributed by atoms with E-state index in [1.807, 2.05) is 6.92 Å². The zero-order valence-electron chi connectivity index (χ0n) is 13.6. The van der Waals surface area contributed by atoms with E-state index in [9.17, 15) is 10.1 Å². The quantitative estimate of drug-likeness (QED) is 0.608. The Morgan fingerprint density at radius 2 is 2.05 bits per heavy atom. The van der Waals surface area contributed by atoms with Crippen LogP contribution in [0.25, 0.3) is 0 Å². The molecule has 0 aliphatic heterocycles. The smallest absolute Gasteiger partial charge is 0.270 e. The average Bonchev–Trinajstić information content (AvgIpc) is 2.36. The molecule has 0 amide bonds. The molecule has 5 nitrogen and oxygen atoms in total. The molecule has 0 aliphatic rings. The van der Waals surface area contributed by atoms with Gasteiger partial charge in [-0.15, -0.1) is 0 Å². The number of benzene rings is 1. The number of non-ortho nitro benzene ring substituents is 1. The first-order chi connectivity index (χ1) is 9.73. The standard InChI is InChI=1S/C16H26N2O3/c1-6-7-12(2)21-15-9-8-14(18(19)20)10-13(15)11-17-16(3,4)5/h8-10,12,17H,6-7,11H2,1-5H3.